The van der Waals surface area contributed by atoms with Gasteiger partial charge in [-0.3, -0.25) is 4.90 Å². The zero-order valence-electron chi connectivity index (χ0n) is 14.2. The number of hydrogen-bond acceptors (Lipinski definition) is 3. The second-order valence-electron chi connectivity index (χ2n) is 6.30. The van der Waals surface area contributed by atoms with Gasteiger partial charge in [0.15, 0.2) is 0 Å². The minimum atomic E-state index is -0.255. The van der Waals surface area contributed by atoms with Gasteiger partial charge in [0.05, 0.1) is 11.6 Å². The fourth-order valence-electron chi connectivity index (χ4n) is 3.02. The van der Waals surface area contributed by atoms with E-state index in [4.69, 9.17) is 5.26 Å². The molecule has 1 aliphatic heterocycles. The van der Waals surface area contributed by atoms with E-state index in [2.05, 4.69) is 33.7 Å². The number of carbonyl (C=O) groups excluding carboxylic acids is 1. The van der Waals surface area contributed by atoms with E-state index in [1.807, 2.05) is 12.1 Å². The van der Waals surface area contributed by atoms with Gasteiger partial charge in [0.1, 0.15) is 0 Å². The Morgan fingerprint density at radius 3 is 2.52 bits per heavy atom. The molecule has 2 N–H and O–H groups in total. The van der Waals surface area contributed by atoms with E-state index in [-0.39, 0.29) is 6.03 Å². The lowest BCUT2D eigenvalue weighted by atomic mass is 10.1. The average Bonchev–Trinajstić information content (AvgIpc) is 3.14. The zero-order chi connectivity index (χ0) is 17.5. The van der Waals surface area contributed by atoms with Crippen LogP contribution in [0.1, 0.15) is 29.5 Å². The van der Waals surface area contributed by atoms with Gasteiger partial charge in [-0.05, 0) is 61.3 Å². The predicted molar refractivity (Wildman–Crippen MR) is 98.0 cm³/mol. The predicted octanol–water partition coefficient (Wildman–Crippen LogP) is 3.48. The lowest BCUT2D eigenvalue weighted by Crippen LogP contribution is -2.28. The first-order chi connectivity index (χ1) is 12.2. The van der Waals surface area contributed by atoms with Crippen molar-refractivity contribution in [2.45, 2.75) is 25.9 Å². The van der Waals surface area contributed by atoms with Gasteiger partial charge in [0.2, 0.25) is 0 Å². The monoisotopic (exact) mass is 334 g/mol. The number of carbonyl (C=O) groups is 1. The molecule has 2 aromatic carbocycles. The SMILES string of the molecule is N#Cc1ccc(NC(=O)NCc2cccc(CN3CCCC3)c2)cc1. The molecule has 0 unspecified atom stereocenters. The van der Waals surface area contributed by atoms with Crippen molar-refractivity contribution in [1.29, 1.82) is 5.26 Å². The molecule has 0 aromatic heterocycles. The summed E-state index contributed by atoms with van der Waals surface area (Å²) < 4.78 is 0. The molecule has 0 saturated carbocycles. The average molecular weight is 334 g/mol. The van der Waals surface area contributed by atoms with Crippen LogP contribution >= 0.6 is 0 Å². The number of amides is 2. The van der Waals surface area contributed by atoms with Crippen molar-refractivity contribution in [2.24, 2.45) is 0 Å². The Hall–Kier alpha value is -2.84. The van der Waals surface area contributed by atoms with Crippen LogP contribution in [0.4, 0.5) is 10.5 Å². The standard InChI is InChI=1S/C20H22N4O/c21-13-16-6-8-19(9-7-16)23-20(25)22-14-17-4-3-5-18(12-17)15-24-10-1-2-11-24/h3-9,12H,1-2,10-11,14-15H2,(H2,22,23,25). The van der Waals surface area contributed by atoms with Gasteiger partial charge in [0, 0.05) is 18.8 Å². The Kier molecular flexibility index (Phi) is 5.65. The molecule has 1 fully saturated rings. The van der Waals surface area contributed by atoms with Crippen LogP contribution < -0.4 is 10.6 Å². The Morgan fingerprint density at radius 2 is 1.80 bits per heavy atom. The van der Waals surface area contributed by atoms with Crippen molar-refractivity contribution in [3.8, 4) is 6.07 Å². The van der Waals surface area contributed by atoms with Crippen LogP contribution in [0.3, 0.4) is 0 Å². The molecule has 2 amide bonds. The Balaban J connectivity index is 1.50. The highest BCUT2D eigenvalue weighted by atomic mass is 16.2. The molecular formula is C20H22N4O. The summed E-state index contributed by atoms with van der Waals surface area (Å²) in [6, 6.07) is 16.9. The lowest BCUT2D eigenvalue weighted by Gasteiger charge is -2.15. The van der Waals surface area contributed by atoms with E-state index >= 15 is 0 Å². The number of benzene rings is 2. The highest BCUT2D eigenvalue weighted by Crippen LogP contribution is 2.14. The fraction of sp³-hybridized carbons (Fsp3) is 0.300. The molecule has 1 aliphatic rings. The van der Waals surface area contributed by atoms with Crippen LogP contribution in [0.2, 0.25) is 0 Å². The van der Waals surface area contributed by atoms with E-state index in [1.165, 1.54) is 31.5 Å². The maximum atomic E-state index is 12.0. The molecule has 2 aromatic rings. The third-order valence-corrected chi connectivity index (χ3v) is 4.32. The van der Waals surface area contributed by atoms with Gasteiger partial charge in [0.25, 0.3) is 0 Å². The summed E-state index contributed by atoms with van der Waals surface area (Å²) in [5.74, 6) is 0. The van der Waals surface area contributed by atoms with Gasteiger partial charge in [-0.15, -0.1) is 0 Å². The molecule has 0 bridgehead atoms. The molecule has 25 heavy (non-hydrogen) atoms. The van der Waals surface area contributed by atoms with Crippen LogP contribution in [0.5, 0.6) is 0 Å². The van der Waals surface area contributed by atoms with E-state index < -0.39 is 0 Å². The van der Waals surface area contributed by atoms with E-state index in [0.29, 0.717) is 17.8 Å². The molecule has 0 spiro atoms. The van der Waals surface area contributed by atoms with Gasteiger partial charge < -0.3 is 10.6 Å². The molecule has 0 aliphatic carbocycles. The van der Waals surface area contributed by atoms with Gasteiger partial charge >= 0.3 is 6.03 Å². The molecule has 128 valence electrons. The first-order valence-corrected chi connectivity index (χ1v) is 8.58. The molecule has 1 heterocycles. The molecule has 0 radical (unpaired) electrons. The van der Waals surface area contributed by atoms with Crippen molar-refractivity contribution >= 4 is 11.7 Å². The van der Waals surface area contributed by atoms with Gasteiger partial charge in [-0.2, -0.15) is 5.26 Å². The second-order valence-corrected chi connectivity index (χ2v) is 6.30. The summed E-state index contributed by atoms with van der Waals surface area (Å²) in [6.45, 7) is 3.81. The number of likely N-dealkylation sites (tertiary alicyclic amines) is 1. The van der Waals surface area contributed by atoms with Gasteiger partial charge in [-0.1, -0.05) is 24.3 Å². The van der Waals surface area contributed by atoms with Gasteiger partial charge in [-0.25, -0.2) is 4.79 Å². The largest absolute Gasteiger partial charge is 0.334 e. The summed E-state index contributed by atoms with van der Waals surface area (Å²) in [7, 11) is 0. The van der Waals surface area contributed by atoms with Crippen molar-refractivity contribution in [3.05, 3.63) is 65.2 Å². The van der Waals surface area contributed by atoms with Crippen LogP contribution in [-0.2, 0) is 13.1 Å². The number of hydrogen-bond donors (Lipinski definition) is 2. The maximum Gasteiger partial charge on any atom is 0.319 e. The van der Waals surface area contributed by atoms with Crippen molar-refractivity contribution in [1.82, 2.24) is 10.2 Å². The smallest absolute Gasteiger partial charge is 0.319 e. The zero-order valence-corrected chi connectivity index (χ0v) is 14.2. The van der Waals surface area contributed by atoms with E-state index in [1.54, 1.807) is 24.3 Å². The number of rotatable bonds is 5. The van der Waals surface area contributed by atoms with Crippen LogP contribution in [0.15, 0.2) is 48.5 Å². The highest BCUT2D eigenvalue weighted by Gasteiger charge is 2.11. The lowest BCUT2D eigenvalue weighted by molar-refractivity contribution is 0.251. The first-order valence-electron chi connectivity index (χ1n) is 8.58. The van der Waals surface area contributed by atoms with E-state index in [0.717, 1.165) is 12.1 Å². The normalized spacial score (nSPS) is 14.0. The van der Waals surface area contributed by atoms with Crippen molar-refractivity contribution < 1.29 is 4.79 Å². The number of urea groups is 1. The molecule has 5 nitrogen and oxygen atoms in total. The second kappa shape index (κ2) is 8.32. The Labute approximate surface area is 148 Å². The minimum absolute atomic E-state index is 0.255. The molecule has 3 rings (SSSR count). The molecule has 0 atom stereocenters. The topological polar surface area (TPSA) is 68.2 Å². The quantitative estimate of drug-likeness (QED) is 0.879. The third kappa shape index (κ3) is 5.07. The Morgan fingerprint density at radius 1 is 1.08 bits per heavy atom. The number of nitrogens with zero attached hydrogens (tertiary/aromatic N) is 2. The molecular weight excluding hydrogens is 312 g/mol. The van der Waals surface area contributed by atoms with Crippen LogP contribution in [0.25, 0.3) is 0 Å². The number of anilines is 1. The summed E-state index contributed by atoms with van der Waals surface area (Å²) in [5.41, 5.74) is 3.61. The first kappa shape index (κ1) is 17.0. The minimum Gasteiger partial charge on any atom is -0.334 e. The number of nitrogens with one attached hydrogen (secondary N) is 2. The van der Waals surface area contributed by atoms with E-state index in [9.17, 15) is 4.79 Å². The van der Waals surface area contributed by atoms with Crippen molar-refractivity contribution in [3.63, 3.8) is 0 Å². The summed E-state index contributed by atoms with van der Waals surface area (Å²) in [6.07, 6.45) is 2.58. The molecule has 5 heteroatoms. The maximum absolute atomic E-state index is 12.0. The van der Waals surface area contributed by atoms with Crippen LogP contribution in [0, 0.1) is 11.3 Å². The van der Waals surface area contributed by atoms with Crippen molar-refractivity contribution in [2.75, 3.05) is 18.4 Å². The van der Waals surface area contributed by atoms with Crippen LogP contribution in [-0.4, -0.2) is 24.0 Å². The molecule has 1 saturated heterocycles. The summed E-state index contributed by atoms with van der Waals surface area (Å²) in [5, 5.41) is 14.4. The summed E-state index contributed by atoms with van der Waals surface area (Å²) in [4.78, 5) is 14.5. The highest BCUT2D eigenvalue weighted by molar-refractivity contribution is 5.89. The summed E-state index contributed by atoms with van der Waals surface area (Å²) >= 11 is 0. The third-order valence-electron chi connectivity index (χ3n) is 4.32. The number of nitriles is 1. The Bertz CT molecular complexity index is 758. The fourth-order valence-corrected chi connectivity index (χ4v) is 3.02.